The lowest BCUT2D eigenvalue weighted by atomic mass is 10.2. The van der Waals surface area contributed by atoms with Gasteiger partial charge in [0.2, 0.25) is 0 Å². The Balaban J connectivity index is 2.59. The molecule has 0 heterocycles. The number of aliphatic hydroxyl groups is 1. The van der Waals surface area contributed by atoms with E-state index in [1.54, 1.807) is 0 Å². The van der Waals surface area contributed by atoms with Gasteiger partial charge < -0.3 is 9.84 Å². The van der Waals surface area contributed by atoms with E-state index < -0.39 is 0 Å². The Morgan fingerprint density at radius 3 is 2.53 bits per heavy atom. The lowest BCUT2D eigenvalue weighted by molar-refractivity contribution is 0.198. The van der Waals surface area contributed by atoms with Gasteiger partial charge in [0, 0.05) is 13.7 Å². The molecule has 1 N–H and O–H groups in total. The zero-order chi connectivity index (χ0) is 12.8. The molecule has 5 heteroatoms. The fraction of sp³-hybridized carbons (Fsp3) is 0.500. The first-order valence-electron chi connectivity index (χ1n) is 5.47. The van der Waals surface area contributed by atoms with Crippen molar-refractivity contribution >= 4 is 67.8 Å². The molecule has 1 unspecified atom stereocenters. The summed E-state index contributed by atoms with van der Waals surface area (Å²) in [6.45, 7) is 2.35. The summed E-state index contributed by atoms with van der Waals surface area (Å²) in [4.78, 5) is 0. The Labute approximate surface area is 143 Å². The lowest BCUT2D eigenvalue weighted by Crippen LogP contribution is -2.13. The summed E-state index contributed by atoms with van der Waals surface area (Å²) in [5.41, 5.74) is 0. The topological polar surface area (TPSA) is 29.5 Å². The lowest BCUT2D eigenvalue weighted by Gasteiger charge is -2.16. The predicted molar refractivity (Wildman–Crippen MR) is 95.6 cm³/mol. The number of hydrogen-bond donors (Lipinski definition) is 1. The maximum absolute atomic E-state index is 8.74. The van der Waals surface area contributed by atoms with Gasteiger partial charge in [-0.3, -0.25) is 0 Å². The molecule has 1 atom stereocenters. The van der Waals surface area contributed by atoms with Gasteiger partial charge in [-0.1, -0.05) is 0 Å². The van der Waals surface area contributed by atoms with Gasteiger partial charge in [0.05, 0.1) is 9.67 Å². The van der Waals surface area contributed by atoms with Crippen molar-refractivity contribution in [3.8, 4) is 5.75 Å². The number of benzene rings is 1. The van der Waals surface area contributed by atoms with Gasteiger partial charge in [-0.2, -0.15) is 0 Å². The van der Waals surface area contributed by atoms with E-state index in [4.69, 9.17) is 9.84 Å². The summed E-state index contributed by atoms with van der Waals surface area (Å²) in [5, 5.41) is 8.74. The second-order valence-corrected chi connectivity index (χ2v) is 7.14. The maximum atomic E-state index is 8.74. The second kappa shape index (κ2) is 8.36. The highest BCUT2D eigenvalue weighted by atomic mass is 127. The predicted octanol–water partition coefficient (Wildman–Crippen LogP) is 4.43. The molecule has 0 aliphatic carbocycles. The van der Waals surface area contributed by atoms with Crippen LogP contribution >= 0.6 is 67.8 Å². The molecule has 0 fully saturated rings. The molecular formula is C12H15I3O2. The molecular weight excluding hydrogens is 557 g/mol. The standard InChI is InChI=1S/C12H15I3O2/c1-8(4-2-3-7-16)17-10-6-5-9(13)11(14)12(10)15/h5-6,8,16H,2-4,7H2,1H3. The minimum Gasteiger partial charge on any atom is -0.490 e. The molecule has 0 aromatic heterocycles. The SMILES string of the molecule is CC(CCCCO)Oc1ccc(I)c(I)c1I. The van der Waals surface area contributed by atoms with Gasteiger partial charge in [-0.05, 0) is 106 Å². The van der Waals surface area contributed by atoms with E-state index in [-0.39, 0.29) is 12.7 Å². The second-order valence-electron chi connectivity index (χ2n) is 3.82. The van der Waals surface area contributed by atoms with Crippen LogP contribution in [-0.2, 0) is 0 Å². The van der Waals surface area contributed by atoms with Crippen molar-refractivity contribution in [2.24, 2.45) is 0 Å². The Morgan fingerprint density at radius 2 is 1.88 bits per heavy atom. The Morgan fingerprint density at radius 1 is 1.18 bits per heavy atom. The first kappa shape index (κ1) is 16.2. The smallest absolute Gasteiger partial charge is 0.134 e. The van der Waals surface area contributed by atoms with Gasteiger partial charge in [0.15, 0.2) is 0 Å². The van der Waals surface area contributed by atoms with E-state index >= 15 is 0 Å². The monoisotopic (exact) mass is 572 g/mol. The van der Waals surface area contributed by atoms with Crippen molar-refractivity contribution in [1.82, 2.24) is 0 Å². The Bertz CT molecular complexity index is 369. The third kappa shape index (κ3) is 5.35. The average molecular weight is 572 g/mol. The highest BCUT2D eigenvalue weighted by Crippen LogP contribution is 2.30. The van der Waals surface area contributed by atoms with Crippen LogP contribution in [0.15, 0.2) is 12.1 Å². The summed E-state index contributed by atoms with van der Waals surface area (Å²) in [6, 6.07) is 4.12. The van der Waals surface area contributed by atoms with Crippen molar-refractivity contribution in [2.75, 3.05) is 6.61 Å². The molecule has 0 aliphatic rings. The summed E-state index contributed by atoms with van der Waals surface area (Å²) in [5.74, 6) is 0.965. The molecule has 0 aliphatic heterocycles. The van der Waals surface area contributed by atoms with Crippen LogP contribution < -0.4 is 4.74 Å². The number of halogens is 3. The number of unbranched alkanes of at least 4 members (excludes halogenated alkanes) is 1. The minimum atomic E-state index is 0.200. The van der Waals surface area contributed by atoms with Gasteiger partial charge in [-0.15, -0.1) is 0 Å². The normalized spacial score (nSPS) is 12.5. The summed E-state index contributed by atoms with van der Waals surface area (Å²) >= 11 is 7.01. The molecule has 17 heavy (non-hydrogen) atoms. The molecule has 1 aromatic carbocycles. The number of hydrogen-bond acceptors (Lipinski definition) is 2. The molecule has 2 nitrogen and oxygen atoms in total. The Hall–Kier alpha value is 1.17. The average Bonchev–Trinajstić information content (AvgIpc) is 2.30. The van der Waals surface area contributed by atoms with Crippen LogP contribution in [0.3, 0.4) is 0 Å². The number of aliphatic hydroxyl groups excluding tert-OH is 1. The van der Waals surface area contributed by atoms with Crippen molar-refractivity contribution in [3.63, 3.8) is 0 Å². The quantitative estimate of drug-likeness (QED) is 0.311. The highest BCUT2D eigenvalue weighted by molar-refractivity contribution is 14.1. The van der Waals surface area contributed by atoms with Crippen LogP contribution in [-0.4, -0.2) is 17.8 Å². The van der Waals surface area contributed by atoms with Crippen molar-refractivity contribution < 1.29 is 9.84 Å². The molecule has 0 saturated heterocycles. The van der Waals surface area contributed by atoms with Gasteiger partial charge in [-0.25, -0.2) is 0 Å². The molecule has 0 saturated carbocycles. The fourth-order valence-corrected chi connectivity index (χ4v) is 3.43. The highest BCUT2D eigenvalue weighted by Gasteiger charge is 2.11. The van der Waals surface area contributed by atoms with E-state index in [0.29, 0.717) is 0 Å². The molecule has 0 radical (unpaired) electrons. The number of ether oxygens (including phenoxy) is 1. The van der Waals surface area contributed by atoms with Crippen LogP contribution in [0.5, 0.6) is 5.75 Å². The van der Waals surface area contributed by atoms with E-state index in [1.165, 1.54) is 10.7 Å². The third-order valence-electron chi connectivity index (χ3n) is 2.35. The fourth-order valence-electron chi connectivity index (χ4n) is 1.42. The van der Waals surface area contributed by atoms with Gasteiger partial charge in [0.1, 0.15) is 5.75 Å². The molecule has 0 bridgehead atoms. The van der Waals surface area contributed by atoms with E-state index in [1.807, 2.05) is 6.07 Å². The summed E-state index contributed by atoms with van der Waals surface area (Å²) < 4.78 is 9.63. The van der Waals surface area contributed by atoms with Crippen LogP contribution in [0, 0.1) is 10.7 Å². The Kier molecular flexibility index (Phi) is 7.98. The maximum Gasteiger partial charge on any atom is 0.134 e. The van der Waals surface area contributed by atoms with E-state index in [9.17, 15) is 0 Å². The zero-order valence-electron chi connectivity index (χ0n) is 9.55. The van der Waals surface area contributed by atoms with Gasteiger partial charge >= 0.3 is 0 Å². The summed E-state index contributed by atoms with van der Waals surface area (Å²) in [6.07, 6.45) is 3.05. The van der Waals surface area contributed by atoms with Crippen LogP contribution in [0.4, 0.5) is 0 Å². The largest absolute Gasteiger partial charge is 0.490 e. The van der Waals surface area contributed by atoms with E-state index in [2.05, 4.69) is 80.8 Å². The first-order chi connectivity index (χ1) is 8.06. The van der Waals surface area contributed by atoms with Gasteiger partial charge in [0.25, 0.3) is 0 Å². The minimum absolute atomic E-state index is 0.200. The molecule has 0 amide bonds. The van der Waals surface area contributed by atoms with Crippen LogP contribution in [0.2, 0.25) is 0 Å². The zero-order valence-corrected chi connectivity index (χ0v) is 16.0. The van der Waals surface area contributed by atoms with Crippen molar-refractivity contribution in [3.05, 3.63) is 22.8 Å². The first-order valence-corrected chi connectivity index (χ1v) is 8.71. The van der Waals surface area contributed by atoms with Crippen molar-refractivity contribution in [2.45, 2.75) is 32.3 Å². The molecule has 1 rings (SSSR count). The molecule has 1 aromatic rings. The van der Waals surface area contributed by atoms with Crippen molar-refractivity contribution in [1.29, 1.82) is 0 Å². The van der Waals surface area contributed by atoms with Crippen LogP contribution in [0.25, 0.3) is 0 Å². The summed E-state index contributed by atoms with van der Waals surface area (Å²) in [7, 11) is 0. The third-order valence-corrected chi connectivity index (χ3v) is 7.50. The molecule has 0 spiro atoms. The van der Waals surface area contributed by atoms with E-state index in [0.717, 1.165) is 25.0 Å². The number of rotatable bonds is 6. The van der Waals surface area contributed by atoms with Crippen LogP contribution in [0.1, 0.15) is 26.2 Å². The molecule has 96 valence electrons.